The fraction of sp³-hybridized carbons (Fsp3) is 0.333. The molecule has 1 N–H and O–H groups in total. The van der Waals surface area contributed by atoms with E-state index >= 15 is 0 Å². The van der Waals surface area contributed by atoms with Crippen molar-refractivity contribution in [1.29, 1.82) is 0 Å². The van der Waals surface area contributed by atoms with Crippen LogP contribution in [0.2, 0.25) is 0 Å². The molecule has 146 valence electrons. The standard InChI is InChI=1S/C18H16F3N5O2/c1-27-13-5-2-4-12(8-13)17(6-3-7-17)24-16-22-9-11(10-23-16)14-25-26-15(28-14)18(19,20)21/h2,4-5,8-10H,3,6-7H2,1H3,(H,22,23,24). The summed E-state index contributed by atoms with van der Waals surface area (Å²) < 4.78 is 47.7. The van der Waals surface area contributed by atoms with Crippen LogP contribution in [0.1, 0.15) is 30.7 Å². The minimum absolute atomic E-state index is 0.206. The molecule has 2 heterocycles. The second-order valence-corrected chi connectivity index (χ2v) is 6.50. The number of alkyl halides is 3. The van der Waals surface area contributed by atoms with Crippen molar-refractivity contribution in [2.24, 2.45) is 0 Å². The number of nitrogens with zero attached hydrogens (tertiary/aromatic N) is 4. The molecule has 10 heteroatoms. The number of aromatic nitrogens is 4. The van der Waals surface area contributed by atoms with E-state index in [1.807, 2.05) is 24.3 Å². The molecule has 7 nitrogen and oxygen atoms in total. The predicted molar refractivity (Wildman–Crippen MR) is 92.5 cm³/mol. The third-order valence-electron chi connectivity index (χ3n) is 4.75. The topological polar surface area (TPSA) is 86.0 Å². The Labute approximate surface area is 158 Å². The van der Waals surface area contributed by atoms with E-state index in [1.54, 1.807) is 7.11 Å². The molecule has 0 saturated heterocycles. The molecule has 1 fully saturated rings. The van der Waals surface area contributed by atoms with Crippen LogP contribution in [-0.2, 0) is 11.7 Å². The maximum Gasteiger partial charge on any atom is 0.470 e. The zero-order valence-electron chi connectivity index (χ0n) is 14.8. The second kappa shape index (κ2) is 6.77. The van der Waals surface area contributed by atoms with Gasteiger partial charge in [0, 0.05) is 12.4 Å². The number of rotatable bonds is 5. The molecule has 0 unspecified atom stereocenters. The summed E-state index contributed by atoms with van der Waals surface area (Å²) in [6, 6.07) is 7.78. The minimum atomic E-state index is -4.69. The van der Waals surface area contributed by atoms with Crippen molar-refractivity contribution in [2.45, 2.75) is 31.0 Å². The Hall–Kier alpha value is -3.17. The van der Waals surface area contributed by atoms with E-state index in [1.165, 1.54) is 12.4 Å². The smallest absolute Gasteiger partial charge is 0.470 e. The zero-order valence-corrected chi connectivity index (χ0v) is 14.8. The molecule has 1 aliphatic rings. The van der Waals surface area contributed by atoms with Crippen LogP contribution in [0, 0.1) is 0 Å². The van der Waals surface area contributed by atoms with Crippen molar-refractivity contribution < 1.29 is 22.3 Å². The highest BCUT2D eigenvalue weighted by Gasteiger charge is 2.40. The zero-order chi connectivity index (χ0) is 19.8. The van der Waals surface area contributed by atoms with E-state index < -0.39 is 12.1 Å². The average molecular weight is 391 g/mol. The SMILES string of the molecule is COc1cccc(C2(Nc3ncc(-c4nnc(C(F)(F)F)o4)cn3)CCC2)c1. The lowest BCUT2D eigenvalue weighted by atomic mass is 9.72. The van der Waals surface area contributed by atoms with Crippen molar-refractivity contribution >= 4 is 5.95 Å². The number of anilines is 1. The lowest BCUT2D eigenvalue weighted by Gasteiger charge is -2.43. The molecule has 0 spiro atoms. The fourth-order valence-corrected chi connectivity index (χ4v) is 3.11. The van der Waals surface area contributed by atoms with Crippen LogP contribution < -0.4 is 10.1 Å². The molecule has 1 aliphatic carbocycles. The number of halogens is 3. The molecule has 0 aliphatic heterocycles. The van der Waals surface area contributed by atoms with Gasteiger partial charge in [-0.15, -0.1) is 10.2 Å². The van der Waals surface area contributed by atoms with Gasteiger partial charge in [0.1, 0.15) is 5.75 Å². The molecule has 0 radical (unpaired) electrons. The van der Waals surface area contributed by atoms with Crippen LogP contribution in [0.25, 0.3) is 11.5 Å². The van der Waals surface area contributed by atoms with Gasteiger partial charge in [-0.25, -0.2) is 9.97 Å². The van der Waals surface area contributed by atoms with E-state index in [0.717, 1.165) is 30.6 Å². The van der Waals surface area contributed by atoms with Crippen molar-refractivity contribution in [3.8, 4) is 17.2 Å². The maximum absolute atomic E-state index is 12.6. The Bertz CT molecular complexity index is 968. The van der Waals surface area contributed by atoms with Crippen LogP contribution in [0.15, 0.2) is 41.1 Å². The van der Waals surface area contributed by atoms with E-state index in [-0.39, 0.29) is 17.0 Å². The maximum atomic E-state index is 12.6. The normalized spacial score (nSPS) is 15.7. The summed E-state index contributed by atoms with van der Waals surface area (Å²) in [5.74, 6) is -0.568. The highest BCUT2D eigenvalue weighted by molar-refractivity contribution is 5.51. The number of nitrogens with one attached hydrogen (secondary N) is 1. The summed E-state index contributed by atoms with van der Waals surface area (Å²) >= 11 is 0. The lowest BCUT2D eigenvalue weighted by molar-refractivity contribution is -0.156. The summed E-state index contributed by atoms with van der Waals surface area (Å²) in [5, 5.41) is 9.74. The molecule has 2 aromatic heterocycles. The Kier molecular flexibility index (Phi) is 4.40. The van der Waals surface area contributed by atoms with Gasteiger partial charge >= 0.3 is 12.1 Å². The average Bonchev–Trinajstić information content (AvgIpc) is 3.16. The monoisotopic (exact) mass is 391 g/mol. The third-order valence-corrected chi connectivity index (χ3v) is 4.75. The first-order valence-electron chi connectivity index (χ1n) is 8.55. The number of hydrogen-bond acceptors (Lipinski definition) is 7. The predicted octanol–water partition coefficient (Wildman–Crippen LogP) is 4.05. The number of ether oxygens (including phenoxy) is 1. The molecule has 0 bridgehead atoms. The number of methoxy groups -OCH3 is 1. The van der Waals surface area contributed by atoms with E-state index in [2.05, 4.69) is 29.9 Å². The summed E-state index contributed by atoms with van der Waals surface area (Å²) in [7, 11) is 1.61. The van der Waals surface area contributed by atoms with Crippen molar-refractivity contribution in [3.63, 3.8) is 0 Å². The van der Waals surface area contributed by atoms with Gasteiger partial charge in [0.15, 0.2) is 0 Å². The summed E-state index contributed by atoms with van der Waals surface area (Å²) in [4.78, 5) is 8.40. The van der Waals surface area contributed by atoms with Gasteiger partial charge < -0.3 is 14.5 Å². The van der Waals surface area contributed by atoms with Crippen molar-refractivity contribution in [1.82, 2.24) is 20.2 Å². The van der Waals surface area contributed by atoms with Gasteiger partial charge in [-0.1, -0.05) is 12.1 Å². The first kappa shape index (κ1) is 18.2. The van der Waals surface area contributed by atoms with Gasteiger partial charge in [-0.3, -0.25) is 0 Å². The Morgan fingerprint density at radius 3 is 2.46 bits per heavy atom. The molecule has 4 rings (SSSR count). The number of hydrogen-bond donors (Lipinski definition) is 1. The molecule has 3 aromatic rings. The minimum Gasteiger partial charge on any atom is -0.497 e. The van der Waals surface area contributed by atoms with Crippen LogP contribution in [0.3, 0.4) is 0 Å². The van der Waals surface area contributed by atoms with E-state index in [9.17, 15) is 13.2 Å². The lowest BCUT2D eigenvalue weighted by Crippen LogP contribution is -2.42. The Balaban J connectivity index is 1.54. The highest BCUT2D eigenvalue weighted by Crippen LogP contribution is 2.44. The van der Waals surface area contributed by atoms with Gasteiger partial charge in [0.05, 0.1) is 18.2 Å². The summed E-state index contributed by atoms with van der Waals surface area (Å²) in [5.41, 5.74) is 0.972. The molecule has 28 heavy (non-hydrogen) atoms. The van der Waals surface area contributed by atoms with Gasteiger partial charge in [-0.2, -0.15) is 13.2 Å². The first-order valence-corrected chi connectivity index (χ1v) is 8.55. The summed E-state index contributed by atoms with van der Waals surface area (Å²) in [6.45, 7) is 0. The Morgan fingerprint density at radius 2 is 1.89 bits per heavy atom. The van der Waals surface area contributed by atoms with Gasteiger partial charge in [-0.05, 0) is 37.0 Å². The van der Waals surface area contributed by atoms with Crippen molar-refractivity contribution in [3.05, 3.63) is 48.1 Å². The highest BCUT2D eigenvalue weighted by atomic mass is 19.4. The Morgan fingerprint density at radius 1 is 1.14 bits per heavy atom. The van der Waals surface area contributed by atoms with Gasteiger partial charge in [0.25, 0.3) is 5.89 Å². The van der Waals surface area contributed by atoms with E-state index in [4.69, 9.17) is 4.74 Å². The molecule has 1 saturated carbocycles. The van der Waals surface area contributed by atoms with Crippen molar-refractivity contribution in [2.75, 3.05) is 12.4 Å². The molecule has 0 atom stereocenters. The van der Waals surface area contributed by atoms with E-state index in [0.29, 0.717) is 5.95 Å². The van der Waals surface area contributed by atoms with Crippen LogP contribution in [0.5, 0.6) is 5.75 Å². The van der Waals surface area contributed by atoms with Gasteiger partial charge in [0.2, 0.25) is 5.95 Å². The van der Waals surface area contributed by atoms with Crippen LogP contribution in [-0.4, -0.2) is 27.3 Å². The quantitative estimate of drug-likeness (QED) is 0.702. The second-order valence-electron chi connectivity index (χ2n) is 6.50. The summed E-state index contributed by atoms with van der Waals surface area (Å²) in [6.07, 6.45) is 0.876. The van der Waals surface area contributed by atoms with Crippen LogP contribution in [0.4, 0.5) is 19.1 Å². The first-order chi connectivity index (χ1) is 13.4. The fourth-order valence-electron chi connectivity index (χ4n) is 3.11. The largest absolute Gasteiger partial charge is 0.497 e. The van der Waals surface area contributed by atoms with Crippen LogP contribution >= 0.6 is 0 Å². The molecule has 1 aromatic carbocycles. The molecular formula is C18H16F3N5O2. The third kappa shape index (κ3) is 3.37. The molecular weight excluding hydrogens is 375 g/mol. The number of benzene rings is 1. The molecule has 0 amide bonds.